The molecule has 0 aromatic heterocycles. The van der Waals surface area contributed by atoms with Crippen LogP contribution in [0.15, 0.2) is 23.1 Å². The van der Waals surface area contributed by atoms with Gasteiger partial charge in [0.15, 0.2) is 0 Å². The standard InChI is InChI=1S/C13H17F3N2O2S/c1-9-10(13(14,15)16)4-2-5-11(9)21(19,20)18-8-12(17)6-3-7-12/h2,4-5,18H,3,6-8,17H2,1H3. The highest BCUT2D eigenvalue weighted by Crippen LogP contribution is 2.34. The third-order valence-corrected chi connectivity index (χ3v) is 5.39. The number of rotatable bonds is 4. The van der Waals surface area contributed by atoms with Crippen molar-refractivity contribution < 1.29 is 21.6 Å². The van der Waals surface area contributed by atoms with Gasteiger partial charge in [0, 0.05) is 12.1 Å². The second kappa shape index (κ2) is 5.26. The zero-order valence-electron chi connectivity index (χ0n) is 11.5. The van der Waals surface area contributed by atoms with Crippen LogP contribution in [-0.2, 0) is 16.2 Å². The molecular weight excluding hydrogens is 305 g/mol. The first-order valence-electron chi connectivity index (χ1n) is 6.51. The molecular formula is C13H17F3N2O2S. The van der Waals surface area contributed by atoms with Gasteiger partial charge >= 0.3 is 6.18 Å². The molecule has 118 valence electrons. The van der Waals surface area contributed by atoms with E-state index in [0.29, 0.717) is 12.8 Å². The first kappa shape index (κ1) is 16.3. The maximum atomic E-state index is 12.8. The first-order chi connectivity index (χ1) is 9.55. The second-order valence-corrected chi connectivity index (χ2v) is 7.20. The zero-order valence-corrected chi connectivity index (χ0v) is 12.3. The van der Waals surface area contributed by atoms with Gasteiger partial charge in [0.25, 0.3) is 0 Å². The van der Waals surface area contributed by atoms with Gasteiger partial charge in [-0.05, 0) is 43.9 Å². The van der Waals surface area contributed by atoms with E-state index >= 15 is 0 Å². The lowest BCUT2D eigenvalue weighted by Gasteiger charge is -2.38. The average molecular weight is 322 g/mol. The minimum absolute atomic E-state index is 0.0328. The Balaban J connectivity index is 2.28. The fraction of sp³-hybridized carbons (Fsp3) is 0.538. The number of sulfonamides is 1. The fourth-order valence-corrected chi connectivity index (χ4v) is 3.74. The molecule has 0 bridgehead atoms. The Morgan fingerprint density at radius 3 is 2.43 bits per heavy atom. The van der Waals surface area contributed by atoms with E-state index in [2.05, 4.69) is 4.72 Å². The van der Waals surface area contributed by atoms with E-state index in [1.807, 2.05) is 0 Å². The molecule has 0 heterocycles. The molecule has 1 aromatic rings. The van der Waals surface area contributed by atoms with Crippen molar-refractivity contribution in [2.75, 3.05) is 6.54 Å². The minimum atomic E-state index is -4.58. The molecule has 0 unspecified atom stereocenters. The fourth-order valence-electron chi connectivity index (χ4n) is 2.34. The van der Waals surface area contributed by atoms with E-state index < -0.39 is 27.3 Å². The van der Waals surface area contributed by atoms with Crippen molar-refractivity contribution >= 4 is 10.0 Å². The van der Waals surface area contributed by atoms with Crippen LogP contribution in [0.4, 0.5) is 13.2 Å². The van der Waals surface area contributed by atoms with Crippen molar-refractivity contribution in [3.8, 4) is 0 Å². The Morgan fingerprint density at radius 2 is 1.95 bits per heavy atom. The predicted molar refractivity (Wildman–Crippen MR) is 72.1 cm³/mol. The SMILES string of the molecule is Cc1c(C(F)(F)F)cccc1S(=O)(=O)NCC1(N)CCC1. The van der Waals surface area contributed by atoms with Gasteiger partial charge < -0.3 is 5.73 Å². The molecule has 1 aliphatic rings. The molecule has 1 saturated carbocycles. The Labute approximate surface area is 121 Å². The highest BCUT2D eigenvalue weighted by Gasteiger charge is 2.36. The monoisotopic (exact) mass is 322 g/mol. The summed E-state index contributed by atoms with van der Waals surface area (Å²) in [6, 6.07) is 3.12. The number of hydrogen-bond acceptors (Lipinski definition) is 3. The molecule has 0 radical (unpaired) electrons. The predicted octanol–water partition coefficient (Wildman–Crippen LogP) is 2.17. The van der Waals surface area contributed by atoms with Crippen LogP contribution >= 0.6 is 0 Å². The number of benzene rings is 1. The van der Waals surface area contributed by atoms with Crippen molar-refractivity contribution in [1.29, 1.82) is 0 Å². The Bertz CT molecular complexity index is 637. The quantitative estimate of drug-likeness (QED) is 0.892. The van der Waals surface area contributed by atoms with Crippen molar-refractivity contribution in [3.05, 3.63) is 29.3 Å². The van der Waals surface area contributed by atoms with Gasteiger partial charge in [-0.2, -0.15) is 13.2 Å². The van der Waals surface area contributed by atoms with E-state index in [-0.39, 0.29) is 17.0 Å². The maximum absolute atomic E-state index is 12.8. The molecule has 0 aliphatic heterocycles. The third-order valence-electron chi connectivity index (χ3n) is 3.84. The first-order valence-corrected chi connectivity index (χ1v) is 7.99. The highest BCUT2D eigenvalue weighted by molar-refractivity contribution is 7.89. The summed E-state index contributed by atoms with van der Waals surface area (Å²) < 4.78 is 65.1. The van der Waals surface area contributed by atoms with Gasteiger partial charge in [-0.15, -0.1) is 0 Å². The molecule has 1 aliphatic carbocycles. The van der Waals surface area contributed by atoms with E-state index in [4.69, 9.17) is 5.73 Å². The van der Waals surface area contributed by atoms with E-state index in [1.165, 1.54) is 0 Å². The van der Waals surface area contributed by atoms with Crippen molar-refractivity contribution in [1.82, 2.24) is 4.72 Å². The van der Waals surface area contributed by atoms with Gasteiger partial charge in [0.05, 0.1) is 10.5 Å². The van der Waals surface area contributed by atoms with E-state index in [0.717, 1.165) is 31.5 Å². The molecule has 0 spiro atoms. The number of hydrogen-bond donors (Lipinski definition) is 2. The lowest BCUT2D eigenvalue weighted by Crippen LogP contribution is -2.54. The van der Waals surface area contributed by atoms with Gasteiger partial charge in [0.1, 0.15) is 0 Å². The largest absolute Gasteiger partial charge is 0.416 e. The van der Waals surface area contributed by atoms with Crippen LogP contribution < -0.4 is 10.5 Å². The van der Waals surface area contributed by atoms with Crippen molar-refractivity contribution in [3.63, 3.8) is 0 Å². The van der Waals surface area contributed by atoms with Crippen LogP contribution in [0.1, 0.15) is 30.4 Å². The number of nitrogens with two attached hydrogens (primary N) is 1. The van der Waals surface area contributed by atoms with Crippen LogP contribution in [0.3, 0.4) is 0 Å². The van der Waals surface area contributed by atoms with Crippen LogP contribution in [0, 0.1) is 6.92 Å². The van der Waals surface area contributed by atoms with E-state index in [9.17, 15) is 21.6 Å². The molecule has 2 rings (SSSR count). The van der Waals surface area contributed by atoms with Crippen molar-refractivity contribution in [2.45, 2.75) is 42.8 Å². The molecule has 1 aromatic carbocycles. The second-order valence-electron chi connectivity index (χ2n) is 5.47. The Hall–Kier alpha value is -1.12. The number of halogens is 3. The topological polar surface area (TPSA) is 72.2 Å². The summed E-state index contributed by atoms with van der Waals surface area (Å²) in [4.78, 5) is -0.361. The van der Waals surface area contributed by atoms with Gasteiger partial charge in [-0.25, -0.2) is 13.1 Å². The summed E-state index contributed by atoms with van der Waals surface area (Å²) in [5.41, 5.74) is 4.08. The molecule has 8 heteroatoms. The summed E-state index contributed by atoms with van der Waals surface area (Å²) in [5.74, 6) is 0. The maximum Gasteiger partial charge on any atom is 0.416 e. The van der Waals surface area contributed by atoms with Gasteiger partial charge in [-0.3, -0.25) is 0 Å². The van der Waals surface area contributed by atoms with Gasteiger partial charge in [0.2, 0.25) is 10.0 Å². The normalized spacial score (nSPS) is 18.3. The highest BCUT2D eigenvalue weighted by atomic mass is 32.2. The summed E-state index contributed by atoms with van der Waals surface area (Å²) in [5, 5.41) is 0. The van der Waals surface area contributed by atoms with Crippen LogP contribution in [0.2, 0.25) is 0 Å². The molecule has 0 saturated heterocycles. The molecule has 3 N–H and O–H groups in total. The lowest BCUT2D eigenvalue weighted by molar-refractivity contribution is -0.138. The lowest BCUT2D eigenvalue weighted by atomic mass is 9.78. The number of nitrogens with one attached hydrogen (secondary N) is 1. The van der Waals surface area contributed by atoms with E-state index in [1.54, 1.807) is 0 Å². The summed E-state index contributed by atoms with van der Waals surface area (Å²) in [6.07, 6.45) is -2.24. The average Bonchev–Trinajstić information content (AvgIpc) is 2.32. The smallest absolute Gasteiger partial charge is 0.324 e. The van der Waals surface area contributed by atoms with Crippen molar-refractivity contribution in [2.24, 2.45) is 5.73 Å². The molecule has 1 fully saturated rings. The van der Waals surface area contributed by atoms with Crippen LogP contribution in [-0.4, -0.2) is 20.5 Å². The molecule has 0 atom stereocenters. The zero-order chi connectivity index (χ0) is 15.9. The molecule has 0 amide bonds. The van der Waals surface area contributed by atoms with Gasteiger partial charge in [-0.1, -0.05) is 6.07 Å². The molecule has 21 heavy (non-hydrogen) atoms. The van der Waals surface area contributed by atoms with Crippen LogP contribution in [0.5, 0.6) is 0 Å². The third kappa shape index (κ3) is 3.38. The summed E-state index contributed by atoms with van der Waals surface area (Å²) in [6.45, 7) is 1.18. The minimum Gasteiger partial charge on any atom is -0.324 e. The molecule has 4 nitrogen and oxygen atoms in total. The Morgan fingerprint density at radius 1 is 1.33 bits per heavy atom. The summed E-state index contributed by atoms with van der Waals surface area (Å²) in [7, 11) is -4.01. The Kier molecular flexibility index (Phi) is 4.07. The van der Waals surface area contributed by atoms with Crippen LogP contribution in [0.25, 0.3) is 0 Å². The summed E-state index contributed by atoms with van der Waals surface area (Å²) >= 11 is 0. The number of alkyl halides is 3.